The summed E-state index contributed by atoms with van der Waals surface area (Å²) < 4.78 is 0. The monoisotopic (exact) mass is 391 g/mol. The molecule has 3 nitrogen and oxygen atoms in total. The average Bonchev–Trinajstić information content (AvgIpc) is 2.74. The van der Waals surface area contributed by atoms with Crippen LogP contribution in [0.4, 0.5) is 0 Å². The number of hydrogen-bond donors (Lipinski definition) is 1. The third kappa shape index (κ3) is 5.40. The van der Waals surface area contributed by atoms with Crippen molar-refractivity contribution in [2.75, 3.05) is 12.8 Å². The zero-order valence-corrected chi connectivity index (χ0v) is 16.8. The second kappa shape index (κ2) is 10.00. The van der Waals surface area contributed by atoms with Crippen molar-refractivity contribution in [2.45, 2.75) is 23.8 Å². The van der Waals surface area contributed by atoms with Crippen molar-refractivity contribution in [3.63, 3.8) is 0 Å². The third-order valence-electron chi connectivity index (χ3n) is 4.65. The smallest absolute Gasteiger partial charge is 0.223 e. The molecule has 4 heteroatoms. The molecule has 0 saturated heterocycles. The van der Waals surface area contributed by atoms with Crippen LogP contribution in [0, 0.1) is 0 Å². The lowest BCUT2D eigenvalue weighted by Gasteiger charge is -2.29. The van der Waals surface area contributed by atoms with Gasteiger partial charge < -0.3 is 10.0 Å². The molecule has 0 atom stereocenters. The molecule has 0 spiro atoms. The van der Waals surface area contributed by atoms with E-state index in [1.165, 1.54) is 0 Å². The topological polar surface area (TPSA) is 40.5 Å². The van der Waals surface area contributed by atoms with Crippen LogP contribution >= 0.6 is 11.8 Å². The molecule has 0 bridgehead atoms. The molecule has 0 aliphatic heterocycles. The third-order valence-corrected chi connectivity index (χ3v) is 5.75. The van der Waals surface area contributed by atoms with E-state index in [1.807, 2.05) is 60.5 Å². The van der Waals surface area contributed by atoms with E-state index < -0.39 is 0 Å². The molecule has 0 aliphatic carbocycles. The Labute approximate surface area is 171 Å². The number of benzene rings is 3. The zero-order valence-electron chi connectivity index (χ0n) is 16.0. The highest BCUT2D eigenvalue weighted by atomic mass is 32.2. The van der Waals surface area contributed by atoms with Crippen molar-refractivity contribution < 1.29 is 9.90 Å². The number of rotatable bonds is 8. The summed E-state index contributed by atoms with van der Waals surface area (Å²) in [6.07, 6.45) is 1.32. The highest BCUT2D eigenvalue weighted by Crippen LogP contribution is 2.28. The van der Waals surface area contributed by atoms with Crippen LogP contribution in [0.2, 0.25) is 0 Å². The van der Waals surface area contributed by atoms with Crippen molar-refractivity contribution in [3.8, 4) is 5.75 Å². The van der Waals surface area contributed by atoms with Gasteiger partial charge in [0.25, 0.3) is 0 Å². The summed E-state index contributed by atoms with van der Waals surface area (Å²) in [4.78, 5) is 15.8. The molecule has 1 N–H and O–H groups in total. The Balaban J connectivity index is 1.61. The maximum atomic E-state index is 12.9. The van der Waals surface area contributed by atoms with Gasteiger partial charge in [-0.3, -0.25) is 4.79 Å². The highest BCUT2D eigenvalue weighted by Gasteiger charge is 2.22. The van der Waals surface area contributed by atoms with Gasteiger partial charge in [0, 0.05) is 18.4 Å². The Morgan fingerprint density at radius 2 is 1.43 bits per heavy atom. The Hall–Kier alpha value is -2.72. The first-order chi connectivity index (χ1) is 13.6. The number of phenolic OH excluding ortho intramolecular Hbond substituents is 1. The maximum absolute atomic E-state index is 12.9. The molecule has 0 fully saturated rings. The summed E-state index contributed by atoms with van der Waals surface area (Å²) in [6, 6.07) is 27.4. The number of amides is 1. The summed E-state index contributed by atoms with van der Waals surface area (Å²) in [6.45, 7) is 0. The lowest BCUT2D eigenvalue weighted by atomic mass is 9.97. The van der Waals surface area contributed by atoms with Crippen LogP contribution in [0.1, 0.15) is 30.0 Å². The number of aromatic hydroxyl groups is 1. The van der Waals surface area contributed by atoms with Gasteiger partial charge in [0.05, 0.1) is 6.04 Å². The van der Waals surface area contributed by atoms with E-state index in [4.69, 9.17) is 0 Å². The molecule has 0 saturated carbocycles. The number of carbonyl (C=O) groups is 1. The summed E-state index contributed by atoms with van der Waals surface area (Å²) in [7, 11) is 1.89. The number of thioether (sulfide) groups is 1. The van der Waals surface area contributed by atoms with Crippen LogP contribution in [-0.2, 0) is 4.79 Å². The first-order valence-electron chi connectivity index (χ1n) is 9.42. The predicted octanol–water partition coefficient (Wildman–Crippen LogP) is 5.51. The van der Waals surface area contributed by atoms with Crippen molar-refractivity contribution >= 4 is 17.7 Å². The molecule has 0 aliphatic rings. The van der Waals surface area contributed by atoms with Gasteiger partial charge in [-0.15, -0.1) is 11.8 Å². The number of nitrogens with zero attached hydrogens (tertiary/aromatic N) is 1. The maximum Gasteiger partial charge on any atom is 0.223 e. The van der Waals surface area contributed by atoms with E-state index >= 15 is 0 Å². The molecule has 144 valence electrons. The Morgan fingerprint density at radius 1 is 0.893 bits per heavy atom. The van der Waals surface area contributed by atoms with Gasteiger partial charge in [-0.2, -0.15) is 0 Å². The Kier molecular flexibility index (Phi) is 7.15. The first kappa shape index (κ1) is 20.0. The molecule has 0 unspecified atom stereocenters. The molecule has 3 aromatic carbocycles. The van der Waals surface area contributed by atoms with Crippen LogP contribution in [0.5, 0.6) is 5.75 Å². The quantitative estimate of drug-likeness (QED) is 0.406. The number of hydrogen-bond acceptors (Lipinski definition) is 3. The molecule has 28 heavy (non-hydrogen) atoms. The number of phenols is 1. The van der Waals surface area contributed by atoms with Gasteiger partial charge >= 0.3 is 0 Å². The fourth-order valence-electron chi connectivity index (χ4n) is 3.19. The van der Waals surface area contributed by atoms with E-state index in [0.29, 0.717) is 6.42 Å². The lowest BCUT2D eigenvalue weighted by molar-refractivity contribution is -0.131. The minimum atomic E-state index is -0.0837. The van der Waals surface area contributed by atoms with Gasteiger partial charge in [0.2, 0.25) is 5.91 Å². The van der Waals surface area contributed by atoms with E-state index in [9.17, 15) is 9.90 Å². The minimum absolute atomic E-state index is 0.0837. The van der Waals surface area contributed by atoms with Crippen molar-refractivity contribution in [3.05, 3.63) is 96.1 Å². The standard InChI is InChI=1S/C24H25NO2S/c1-25(23(27)13-8-18-28-22-16-14-21(26)15-17-22)24(19-9-4-2-5-10-19)20-11-6-3-7-12-20/h2-7,9-12,14-17,24,26H,8,13,18H2,1H3. The Morgan fingerprint density at radius 3 is 1.96 bits per heavy atom. The van der Waals surface area contributed by atoms with Gasteiger partial charge in [-0.05, 0) is 47.6 Å². The summed E-state index contributed by atoms with van der Waals surface area (Å²) >= 11 is 1.70. The first-order valence-corrected chi connectivity index (χ1v) is 10.4. The van der Waals surface area contributed by atoms with Crippen molar-refractivity contribution in [1.82, 2.24) is 4.90 Å². The van der Waals surface area contributed by atoms with Crippen LogP contribution in [0.25, 0.3) is 0 Å². The summed E-state index contributed by atoms with van der Waals surface area (Å²) in [5, 5.41) is 9.34. The Bertz CT molecular complexity index is 827. The van der Waals surface area contributed by atoms with Crippen LogP contribution in [-0.4, -0.2) is 28.7 Å². The van der Waals surface area contributed by atoms with Crippen molar-refractivity contribution in [2.24, 2.45) is 0 Å². The fraction of sp³-hybridized carbons (Fsp3) is 0.208. The van der Waals surface area contributed by atoms with E-state index in [0.717, 1.165) is 28.2 Å². The van der Waals surface area contributed by atoms with Crippen LogP contribution < -0.4 is 0 Å². The minimum Gasteiger partial charge on any atom is -0.508 e. The normalized spacial score (nSPS) is 10.8. The molecule has 0 heterocycles. The van der Waals surface area contributed by atoms with Gasteiger partial charge in [-0.1, -0.05) is 60.7 Å². The molecular weight excluding hydrogens is 366 g/mol. The summed E-state index contributed by atoms with van der Waals surface area (Å²) in [5.74, 6) is 1.28. The lowest BCUT2D eigenvalue weighted by Crippen LogP contribution is -2.31. The highest BCUT2D eigenvalue weighted by molar-refractivity contribution is 7.99. The fourth-order valence-corrected chi connectivity index (χ4v) is 4.04. The van der Waals surface area contributed by atoms with Gasteiger partial charge in [-0.25, -0.2) is 0 Å². The molecule has 1 amide bonds. The largest absolute Gasteiger partial charge is 0.508 e. The van der Waals surface area contributed by atoms with Gasteiger partial charge in [0.15, 0.2) is 0 Å². The zero-order chi connectivity index (χ0) is 19.8. The van der Waals surface area contributed by atoms with Crippen molar-refractivity contribution in [1.29, 1.82) is 0 Å². The number of carbonyl (C=O) groups excluding carboxylic acids is 1. The second-order valence-corrected chi connectivity index (χ2v) is 7.84. The molecule has 0 radical (unpaired) electrons. The van der Waals surface area contributed by atoms with Gasteiger partial charge in [0.1, 0.15) is 5.75 Å². The van der Waals surface area contributed by atoms with E-state index in [-0.39, 0.29) is 17.7 Å². The van der Waals surface area contributed by atoms with Crippen LogP contribution in [0.3, 0.4) is 0 Å². The van der Waals surface area contributed by atoms with E-state index in [1.54, 1.807) is 23.9 Å². The molecule has 3 aromatic rings. The molecular formula is C24H25NO2S. The van der Waals surface area contributed by atoms with Crippen LogP contribution in [0.15, 0.2) is 89.8 Å². The molecule has 3 rings (SSSR count). The molecule has 0 aromatic heterocycles. The summed E-state index contributed by atoms with van der Waals surface area (Å²) in [5.41, 5.74) is 2.23. The predicted molar refractivity (Wildman–Crippen MR) is 116 cm³/mol. The SMILES string of the molecule is CN(C(=O)CCCSc1ccc(O)cc1)C(c1ccccc1)c1ccccc1. The average molecular weight is 392 g/mol. The second-order valence-electron chi connectivity index (χ2n) is 6.67. The van der Waals surface area contributed by atoms with E-state index in [2.05, 4.69) is 24.3 Å².